The molecule has 0 unspecified atom stereocenters. The summed E-state index contributed by atoms with van der Waals surface area (Å²) in [6.45, 7) is 7.28. The zero-order valence-electron chi connectivity index (χ0n) is 16.5. The molecule has 2 aromatic heterocycles. The number of nitrogens with one attached hydrogen (secondary N) is 3. The second-order valence-electron chi connectivity index (χ2n) is 8.00. The molecule has 0 saturated carbocycles. The van der Waals surface area contributed by atoms with Gasteiger partial charge in [-0.2, -0.15) is 0 Å². The zero-order valence-corrected chi connectivity index (χ0v) is 18.2. The van der Waals surface area contributed by atoms with Crippen LogP contribution in [0.4, 0.5) is 5.00 Å². The topological polar surface area (TPSA) is 87.3 Å². The van der Waals surface area contributed by atoms with E-state index in [1.807, 2.05) is 26.8 Å². The maximum Gasteiger partial charge on any atom is 0.280 e. The molecule has 0 bridgehead atoms. The van der Waals surface area contributed by atoms with Gasteiger partial charge in [0.1, 0.15) is 0 Å². The molecule has 0 aliphatic heterocycles. The normalized spacial score (nSPS) is 13.6. The molecule has 3 N–H and O–H groups in total. The number of hydrogen-bond donors (Lipinski definition) is 3. The summed E-state index contributed by atoms with van der Waals surface area (Å²) >= 11 is 2.69. The first-order valence-electron chi connectivity index (χ1n) is 9.29. The molecule has 28 heavy (non-hydrogen) atoms. The number of carbonyl (C=O) groups is 3. The van der Waals surface area contributed by atoms with E-state index in [1.165, 1.54) is 33.1 Å². The van der Waals surface area contributed by atoms with Crippen LogP contribution in [-0.2, 0) is 17.6 Å². The predicted octanol–water partition coefficient (Wildman–Crippen LogP) is 4.06. The summed E-state index contributed by atoms with van der Waals surface area (Å²) in [5.74, 6) is -0.813. The maximum absolute atomic E-state index is 12.5. The van der Waals surface area contributed by atoms with Crippen LogP contribution in [0.1, 0.15) is 69.0 Å². The summed E-state index contributed by atoms with van der Waals surface area (Å²) in [7, 11) is 0. The Hall–Kier alpha value is -2.19. The van der Waals surface area contributed by atoms with Crippen LogP contribution in [-0.4, -0.2) is 17.7 Å². The molecular weight excluding hydrogens is 394 g/mol. The van der Waals surface area contributed by atoms with Crippen molar-refractivity contribution in [1.82, 2.24) is 10.9 Å². The standard InChI is InChI=1S/C20H25N3O3S2/c1-11-9-15(21-19(26)20(2,3)4)28-16(11)18(25)23-22-17(24)14-10-12-7-5-6-8-13(12)27-14/h9-10H,5-8H2,1-4H3,(H,21,26)(H,22,24)(H,23,25). The van der Waals surface area contributed by atoms with Gasteiger partial charge < -0.3 is 5.32 Å². The van der Waals surface area contributed by atoms with E-state index < -0.39 is 11.3 Å². The molecule has 1 aliphatic rings. The first kappa shape index (κ1) is 20.5. The van der Waals surface area contributed by atoms with Gasteiger partial charge in [-0.1, -0.05) is 20.8 Å². The number of anilines is 1. The van der Waals surface area contributed by atoms with Crippen LogP contribution in [0, 0.1) is 12.3 Å². The SMILES string of the molecule is Cc1cc(NC(=O)C(C)(C)C)sc1C(=O)NNC(=O)c1cc2c(s1)CCCC2. The van der Waals surface area contributed by atoms with Crippen LogP contribution in [0.15, 0.2) is 12.1 Å². The third-order valence-electron chi connectivity index (χ3n) is 4.55. The Labute approximate surface area is 172 Å². The Morgan fingerprint density at radius 3 is 2.32 bits per heavy atom. The van der Waals surface area contributed by atoms with Gasteiger partial charge in [0.2, 0.25) is 5.91 Å². The summed E-state index contributed by atoms with van der Waals surface area (Å²) in [6.07, 6.45) is 4.37. The number of aryl methyl sites for hydroxylation is 3. The lowest BCUT2D eigenvalue weighted by Gasteiger charge is -2.16. The Morgan fingerprint density at radius 1 is 0.964 bits per heavy atom. The first-order chi connectivity index (χ1) is 13.1. The molecule has 3 rings (SSSR count). The predicted molar refractivity (Wildman–Crippen MR) is 113 cm³/mol. The van der Waals surface area contributed by atoms with Crippen LogP contribution in [0.2, 0.25) is 0 Å². The first-order valence-corrected chi connectivity index (χ1v) is 10.9. The number of hydrogen-bond acceptors (Lipinski definition) is 5. The van der Waals surface area contributed by atoms with Crippen molar-refractivity contribution in [2.45, 2.75) is 53.4 Å². The van der Waals surface area contributed by atoms with Crippen molar-refractivity contribution in [3.8, 4) is 0 Å². The van der Waals surface area contributed by atoms with Crippen LogP contribution in [0.3, 0.4) is 0 Å². The summed E-state index contributed by atoms with van der Waals surface area (Å²) in [6, 6.07) is 3.69. The molecule has 0 spiro atoms. The van der Waals surface area contributed by atoms with E-state index in [9.17, 15) is 14.4 Å². The molecule has 2 heterocycles. The Morgan fingerprint density at radius 2 is 1.64 bits per heavy atom. The molecule has 2 aromatic rings. The Kier molecular flexibility index (Phi) is 5.90. The molecule has 0 atom stereocenters. The van der Waals surface area contributed by atoms with E-state index in [2.05, 4.69) is 16.2 Å². The van der Waals surface area contributed by atoms with Crippen molar-refractivity contribution in [2.24, 2.45) is 5.41 Å². The average molecular weight is 420 g/mol. The van der Waals surface area contributed by atoms with E-state index in [1.54, 1.807) is 13.0 Å². The van der Waals surface area contributed by atoms with E-state index in [0.717, 1.165) is 31.2 Å². The number of hydrazine groups is 1. The van der Waals surface area contributed by atoms with Gasteiger partial charge in [-0.25, -0.2) is 0 Å². The highest BCUT2D eigenvalue weighted by Gasteiger charge is 2.23. The Balaban J connectivity index is 1.61. The minimum Gasteiger partial charge on any atom is -0.317 e. The fourth-order valence-electron chi connectivity index (χ4n) is 2.90. The minimum absolute atomic E-state index is 0.115. The molecular formula is C20H25N3O3S2. The molecule has 150 valence electrons. The second kappa shape index (κ2) is 8.05. The van der Waals surface area contributed by atoms with E-state index in [4.69, 9.17) is 0 Å². The summed E-state index contributed by atoms with van der Waals surface area (Å²) in [5.41, 5.74) is 6.45. The van der Waals surface area contributed by atoms with Gasteiger partial charge in [0.15, 0.2) is 0 Å². The van der Waals surface area contributed by atoms with Crippen molar-refractivity contribution in [3.63, 3.8) is 0 Å². The maximum atomic E-state index is 12.5. The van der Waals surface area contributed by atoms with Gasteiger partial charge in [0.25, 0.3) is 11.8 Å². The quantitative estimate of drug-likeness (QED) is 0.656. The minimum atomic E-state index is -0.520. The highest BCUT2D eigenvalue weighted by Crippen LogP contribution is 2.30. The number of carbonyl (C=O) groups excluding carboxylic acids is 3. The number of amides is 3. The van der Waals surface area contributed by atoms with Gasteiger partial charge in [0, 0.05) is 10.3 Å². The number of rotatable bonds is 3. The fourth-order valence-corrected chi connectivity index (χ4v) is 5.01. The molecule has 6 nitrogen and oxygen atoms in total. The summed E-state index contributed by atoms with van der Waals surface area (Å²) in [4.78, 5) is 39.3. The van der Waals surface area contributed by atoms with Crippen LogP contribution in [0.5, 0.6) is 0 Å². The molecule has 1 aliphatic carbocycles. The van der Waals surface area contributed by atoms with Crippen LogP contribution in [0.25, 0.3) is 0 Å². The van der Waals surface area contributed by atoms with Crippen molar-refractivity contribution < 1.29 is 14.4 Å². The fraction of sp³-hybridized carbons (Fsp3) is 0.450. The van der Waals surface area contributed by atoms with E-state index in [0.29, 0.717) is 14.8 Å². The molecule has 0 aromatic carbocycles. The van der Waals surface area contributed by atoms with Crippen molar-refractivity contribution in [2.75, 3.05) is 5.32 Å². The zero-order chi connectivity index (χ0) is 20.5. The second-order valence-corrected chi connectivity index (χ2v) is 10.2. The van der Waals surface area contributed by atoms with Crippen molar-refractivity contribution >= 4 is 45.4 Å². The van der Waals surface area contributed by atoms with E-state index >= 15 is 0 Å². The van der Waals surface area contributed by atoms with Gasteiger partial charge in [-0.15, -0.1) is 22.7 Å². The molecule has 0 fully saturated rings. The Bertz CT molecular complexity index is 898. The molecule has 0 saturated heterocycles. The van der Waals surface area contributed by atoms with Crippen LogP contribution < -0.4 is 16.2 Å². The van der Waals surface area contributed by atoms with Gasteiger partial charge in [-0.3, -0.25) is 25.2 Å². The highest BCUT2D eigenvalue weighted by molar-refractivity contribution is 7.18. The summed E-state index contributed by atoms with van der Waals surface area (Å²) < 4.78 is 0. The number of fused-ring (bicyclic) bond motifs is 1. The lowest BCUT2D eigenvalue weighted by atomic mass is 9.96. The lowest BCUT2D eigenvalue weighted by Crippen LogP contribution is -2.41. The van der Waals surface area contributed by atoms with Gasteiger partial charge in [0.05, 0.1) is 14.8 Å². The molecule has 3 amide bonds. The lowest BCUT2D eigenvalue weighted by molar-refractivity contribution is -0.123. The van der Waals surface area contributed by atoms with Gasteiger partial charge in [-0.05, 0) is 55.9 Å². The number of thiophene rings is 2. The monoisotopic (exact) mass is 419 g/mol. The van der Waals surface area contributed by atoms with E-state index in [-0.39, 0.29) is 11.8 Å². The van der Waals surface area contributed by atoms with Crippen molar-refractivity contribution in [3.05, 3.63) is 37.9 Å². The van der Waals surface area contributed by atoms with Crippen LogP contribution >= 0.6 is 22.7 Å². The van der Waals surface area contributed by atoms with Crippen molar-refractivity contribution in [1.29, 1.82) is 0 Å². The summed E-state index contributed by atoms with van der Waals surface area (Å²) in [5, 5.41) is 3.44. The van der Waals surface area contributed by atoms with Gasteiger partial charge >= 0.3 is 0 Å². The third-order valence-corrected chi connectivity index (χ3v) is 6.94. The smallest absolute Gasteiger partial charge is 0.280 e. The average Bonchev–Trinajstić information content (AvgIpc) is 3.22. The highest BCUT2D eigenvalue weighted by atomic mass is 32.1. The molecule has 0 radical (unpaired) electrons. The third kappa shape index (κ3) is 4.62. The molecule has 8 heteroatoms. The largest absolute Gasteiger partial charge is 0.317 e.